The van der Waals surface area contributed by atoms with Crippen LogP contribution in [0.2, 0.25) is 0 Å². The van der Waals surface area contributed by atoms with E-state index >= 15 is 0 Å². The van der Waals surface area contributed by atoms with Crippen molar-refractivity contribution in [1.82, 2.24) is 20.2 Å². The number of nitrogens with two attached hydrogens (primary N) is 1. The van der Waals surface area contributed by atoms with E-state index in [9.17, 15) is 0 Å². The summed E-state index contributed by atoms with van der Waals surface area (Å²) in [6, 6.07) is 6.66. The zero-order valence-electron chi connectivity index (χ0n) is 8.04. The molecule has 6 heteroatoms. The number of hydrogen-bond donors (Lipinski definition) is 2. The molecule has 1 aromatic heterocycles. The molecule has 0 unspecified atom stereocenters. The van der Waals surface area contributed by atoms with E-state index in [1.165, 1.54) is 0 Å². The van der Waals surface area contributed by atoms with Gasteiger partial charge in [-0.2, -0.15) is 4.68 Å². The molecule has 0 aliphatic rings. The van der Waals surface area contributed by atoms with E-state index in [2.05, 4.69) is 15.5 Å². The van der Waals surface area contributed by atoms with Crippen molar-refractivity contribution in [3.63, 3.8) is 0 Å². The summed E-state index contributed by atoms with van der Waals surface area (Å²) >= 11 is 0. The average Bonchev–Trinajstić information content (AvgIpc) is 2.68. The maximum absolute atomic E-state index is 9.15. The molecular weight excluding hydrogens is 194 g/mol. The highest BCUT2D eigenvalue weighted by Gasteiger charge is 2.06. The molecule has 0 bridgehead atoms. The molecule has 0 radical (unpaired) electrons. The van der Waals surface area contributed by atoms with Gasteiger partial charge in [0, 0.05) is 6.42 Å². The van der Waals surface area contributed by atoms with Gasteiger partial charge in [-0.1, -0.05) is 0 Å². The monoisotopic (exact) mass is 205 g/mol. The van der Waals surface area contributed by atoms with Crippen LogP contribution in [0, 0.1) is 0 Å². The van der Waals surface area contributed by atoms with Gasteiger partial charge in [0.05, 0.1) is 5.69 Å². The Morgan fingerprint density at radius 1 is 1.27 bits per heavy atom. The highest BCUT2D eigenvalue weighted by atomic mass is 16.3. The molecule has 1 aromatic carbocycles. The van der Waals surface area contributed by atoms with Crippen molar-refractivity contribution in [2.24, 2.45) is 5.73 Å². The minimum Gasteiger partial charge on any atom is -0.508 e. The highest BCUT2D eigenvalue weighted by Crippen LogP contribution is 2.13. The lowest BCUT2D eigenvalue weighted by Crippen LogP contribution is -2.09. The standard InChI is InChI=1S/C9H11N5O/c10-6-5-9-11-12-13-14(9)7-1-3-8(15)4-2-7/h1-4,15H,5-6,10H2. The summed E-state index contributed by atoms with van der Waals surface area (Å²) in [5.41, 5.74) is 6.25. The third kappa shape index (κ3) is 1.94. The number of rotatable bonds is 3. The van der Waals surface area contributed by atoms with Crippen molar-refractivity contribution in [2.75, 3.05) is 6.54 Å². The van der Waals surface area contributed by atoms with Crippen LogP contribution < -0.4 is 5.73 Å². The van der Waals surface area contributed by atoms with Crippen LogP contribution in [-0.2, 0) is 6.42 Å². The lowest BCUT2D eigenvalue weighted by atomic mass is 10.3. The molecule has 2 aromatic rings. The third-order valence-electron chi connectivity index (χ3n) is 2.00. The van der Waals surface area contributed by atoms with Gasteiger partial charge >= 0.3 is 0 Å². The summed E-state index contributed by atoms with van der Waals surface area (Å²) in [7, 11) is 0. The van der Waals surface area contributed by atoms with E-state index in [-0.39, 0.29) is 5.75 Å². The Morgan fingerprint density at radius 2 is 2.00 bits per heavy atom. The second kappa shape index (κ2) is 4.05. The summed E-state index contributed by atoms with van der Waals surface area (Å²) < 4.78 is 1.60. The van der Waals surface area contributed by atoms with Gasteiger partial charge in [-0.3, -0.25) is 0 Å². The molecule has 0 atom stereocenters. The van der Waals surface area contributed by atoms with E-state index in [1.54, 1.807) is 28.9 Å². The first-order valence-electron chi connectivity index (χ1n) is 4.58. The quantitative estimate of drug-likeness (QED) is 0.728. The Morgan fingerprint density at radius 3 is 2.67 bits per heavy atom. The number of benzene rings is 1. The van der Waals surface area contributed by atoms with E-state index < -0.39 is 0 Å². The van der Waals surface area contributed by atoms with Crippen LogP contribution in [-0.4, -0.2) is 31.9 Å². The van der Waals surface area contributed by atoms with Crippen molar-refractivity contribution in [3.8, 4) is 11.4 Å². The van der Waals surface area contributed by atoms with Gasteiger partial charge in [-0.05, 0) is 41.2 Å². The van der Waals surface area contributed by atoms with Crippen LogP contribution in [0.4, 0.5) is 0 Å². The summed E-state index contributed by atoms with van der Waals surface area (Å²) in [4.78, 5) is 0. The molecule has 78 valence electrons. The molecular formula is C9H11N5O. The summed E-state index contributed by atoms with van der Waals surface area (Å²) in [6.07, 6.45) is 0.619. The Labute approximate surface area is 86.3 Å². The number of hydrogen-bond acceptors (Lipinski definition) is 5. The van der Waals surface area contributed by atoms with Gasteiger partial charge in [-0.25, -0.2) is 0 Å². The summed E-state index contributed by atoms with van der Waals surface area (Å²) in [5.74, 6) is 0.926. The van der Waals surface area contributed by atoms with E-state index in [0.717, 1.165) is 5.69 Å². The maximum Gasteiger partial charge on any atom is 0.157 e. The summed E-state index contributed by atoms with van der Waals surface area (Å²) in [5, 5.41) is 20.4. The van der Waals surface area contributed by atoms with Crippen molar-refractivity contribution in [3.05, 3.63) is 30.1 Å². The van der Waals surface area contributed by atoms with Crippen molar-refractivity contribution < 1.29 is 5.11 Å². The second-order valence-corrected chi connectivity index (χ2v) is 3.06. The van der Waals surface area contributed by atoms with Crippen LogP contribution in [0.3, 0.4) is 0 Å². The number of aromatic hydroxyl groups is 1. The Kier molecular flexibility index (Phi) is 2.59. The van der Waals surface area contributed by atoms with Crippen molar-refractivity contribution in [2.45, 2.75) is 6.42 Å². The fourth-order valence-electron chi connectivity index (χ4n) is 1.29. The third-order valence-corrected chi connectivity index (χ3v) is 2.00. The fourth-order valence-corrected chi connectivity index (χ4v) is 1.29. The lowest BCUT2D eigenvalue weighted by Gasteiger charge is -2.02. The number of nitrogens with zero attached hydrogens (tertiary/aromatic N) is 4. The molecule has 0 fully saturated rings. The maximum atomic E-state index is 9.15. The predicted molar refractivity (Wildman–Crippen MR) is 53.6 cm³/mol. The number of aromatic nitrogens is 4. The fraction of sp³-hybridized carbons (Fsp3) is 0.222. The van der Waals surface area contributed by atoms with Gasteiger partial charge < -0.3 is 10.8 Å². The predicted octanol–water partition coefficient (Wildman–Crippen LogP) is -0.131. The molecule has 0 spiro atoms. The Bertz CT molecular complexity index is 436. The van der Waals surface area contributed by atoms with E-state index in [0.29, 0.717) is 18.8 Å². The molecule has 1 heterocycles. The van der Waals surface area contributed by atoms with Gasteiger partial charge in [-0.15, -0.1) is 5.10 Å². The first-order chi connectivity index (χ1) is 7.31. The molecule has 3 N–H and O–H groups in total. The first kappa shape index (κ1) is 9.60. The van der Waals surface area contributed by atoms with Crippen LogP contribution >= 0.6 is 0 Å². The average molecular weight is 205 g/mol. The van der Waals surface area contributed by atoms with E-state index in [1.807, 2.05) is 0 Å². The molecule has 6 nitrogen and oxygen atoms in total. The lowest BCUT2D eigenvalue weighted by molar-refractivity contribution is 0.475. The van der Waals surface area contributed by atoms with Gasteiger partial charge in [0.2, 0.25) is 0 Å². The van der Waals surface area contributed by atoms with Crippen LogP contribution in [0.15, 0.2) is 24.3 Å². The number of phenolic OH excluding ortho intramolecular Hbond substituents is 1. The minimum atomic E-state index is 0.215. The van der Waals surface area contributed by atoms with Gasteiger partial charge in [0.25, 0.3) is 0 Å². The number of phenols is 1. The highest BCUT2D eigenvalue weighted by molar-refractivity contribution is 5.36. The molecule has 0 saturated carbocycles. The SMILES string of the molecule is NCCc1nnnn1-c1ccc(O)cc1. The Hall–Kier alpha value is -1.95. The minimum absolute atomic E-state index is 0.215. The smallest absolute Gasteiger partial charge is 0.157 e. The van der Waals surface area contributed by atoms with Crippen LogP contribution in [0.1, 0.15) is 5.82 Å². The molecule has 0 amide bonds. The summed E-state index contributed by atoms with van der Waals surface area (Å²) in [6.45, 7) is 0.498. The van der Waals surface area contributed by atoms with Gasteiger partial charge in [0.1, 0.15) is 5.75 Å². The van der Waals surface area contributed by atoms with Crippen LogP contribution in [0.25, 0.3) is 5.69 Å². The van der Waals surface area contributed by atoms with Gasteiger partial charge in [0.15, 0.2) is 5.82 Å². The van der Waals surface area contributed by atoms with Crippen molar-refractivity contribution in [1.29, 1.82) is 0 Å². The topological polar surface area (TPSA) is 89.9 Å². The van der Waals surface area contributed by atoms with E-state index in [4.69, 9.17) is 10.8 Å². The molecule has 0 aliphatic carbocycles. The molecule has 15 heavy (non-hydrogen) atoms. The van der Waals surface area contributed by atoms with Crippen LogP contribution in [0.5, 0.6) is 5.75 Å². The normalized spacial score (nSPS) is 10.5. The first-order valence-corrected chi connectivity index (χ1v) is 4.58. The molecule has 0 saturated heterocycles. The number of tetrazole rings is 1. The zero-order valence-corrected chi connectivity index (χ0v) is 8.04. The largest absolute Gasteiger partial charge is 0.508 e. The zero-order chi connectivity index (χ0) is 10.7. The second-order valence-electron chi connectivity index (χ2n) is 3.06. The molecule has 2 rings (SSSR count). The van der Waals surface area contributed by atoms with Crippen molar-refractivity contribution >= 4 is 0 Å². The molecule has 0 aliphatic heterocycles. The Balaban J connectivity index is 2.36.